The van der Waals surface area contributed by atoms with Gasteiger partial charge in [0.2, 0.25) is 5.76 Å². The summed E-state index contributed by atoms with van der Waals surface area (Å²) in [6, 6.07) is 8.40. The van der Waals surface area contributed by atoms with Crippen molar-refractivity contribution < 1.29 is 13.9 Å². The Hall–Kier alpha value is -2.89. The molecule has 0 unspecified atom stereocenters. The topological polar surface area (TPSA) is 85.2 Å². The number of esters is 1. The fourth-order valence-corrected chi connectivity index (χ4v) is 2.03. The molecule has 21 heavy (non-hydrogen) atoms. The number of rotatable bonds is 3. The minimum atomic E-state index is -0.510. The van der Waals surface area contributed by atoms with Crippen molar-refractivity contribution in [1.82, 2.24) is 9.97 Å². The Kier molecular flexibility index (Phi) is 3.27. The summed E-state index contributed by atoms with van der Waals surface area (Å²) in [6.45, 7) is 2.01. The standard InChI is InChI=1S/C15H12N2O4/c1-2-20-15(19)13-6-5-12(21-13)9-3-4-11-10(7-9)14(18)17-8-16-11/h3-8H,2H2,1H3,(H,16,17,18). The molecule has 1 aromatic carbocycles. The second kappa shape index (κ2) is 5.24. The summed E-state index contributed by atoms with van der Waals surface area (Å²) in [5.41, 5.74) is 1.07. The number of carbonyl (C=O) groups excluding carboxylic acids is 1. The van der Waals surface area contributed by atoms with E-state index >= 15 is 0 Å². The number of furan rings is 1. The molecule has 0 fully saturated rings. The Morgan fingerprint density at radius 1 is 1.33 bits per heavy atom. The highest BCUT2D eigenvalue weighted by atomic mass is 16.5. The first-order valence-corrected chi connectivity index (χ1v) is 6.44. The molecule has 0 saturated carbocycles. The van der Waals surface area contributed by atoms with Crippen LogP contribution in [0.25, 0.3) is 22.2 Å². The average molecular weight is 284 g/mol. The zero-order valence-electron chi connectivity index (χ0n) is 11.3. The molecular formula is C15H12N2O4. The van der Waals surface area contributed by atoms with Crippen molar-refractivity contribution >= 4 is 16.9 Å². The molecule has 6 nitrogen and oxygen atoms in total. The van der Waals surface area contributed by atoms with Crippen LogP contribution in [0.3, 0.4) is 0 Å². The molecule has 2 heterocycles. The fraction of sp³-hybridized carbons (Fsp3) is 0.133. The minimum absolute atomic E-state index is 0.132. The van der Waals surface area contributed by atoms with E-state index in [1.807, 2.05) is 0 Å². The van der Waals surface area contributed by atoms with E-state index in [0.717, 1.165) is 0 Å². The van der Waals surface area contributed by atoms with Crippen molar-refractivity contribution in [3.8, 4) is 11.3 Å². The molecule has 0 aliphatic rings. The lowest BCUT2D eigenvalue weighted by Gasteiger charge is -2.00. The van der Waals surface area contributed by atoms with E-state index < -0.39 is 5.97 Å². The van der Waals surface area contributed by atoms with Crippen LogP contribution < -0.4 is 5.56 Å². The maximum absolute atomic E-state index is 11.8. The molecule has 3 rings (SSSR count). The van der Waals surface area contributed by atoms with Crippen LogP contribution in [0.15, 0.2) is 45.9 Å². The number of carbonyl (C=O) groups is 1. The normalized spacial score (nSPS) is 10.7. The van der Waals surface area contributed by atoms with Gasteiger partial charge in [0.05, 0.1) is 23.8 Å². The minimum Gasteiger partial charge on any atom is -0.460 e. The molecule has 0 aliphatic heterocycles. The van der Waals surface area contributed by atoms with Crippen molar-refractivity contribution in [2.45, 2.75) is 6.92 Å². The first-order valence-electron chi connectivity index (χ1n) is 6.44. The first-order chi connectivity index (χ1) is 10.2. The van der Waals surface area contributed by atoms with Gasteiger partial charge in [0.15, 0.2) is 0 Å². The maximum Gasteiger partial charge on any atom is 0.374 e. The van der Waals surface area contributed by atoms with Crippen molar-refractivity contribution in [1.29, 1.82) is 0 Å². The summed E-state index contributed by atoms with van der Waals surface area (Å²) < 4.78 is 10.3. The number of H-pyrrole nitrogens is 1. The van der Waals surface area contributed by atoms with E-state index in [2.05, 4.69) is 9.97 Å². The summed E-state index contributed by atoms with van der Waals surface area (Å²) in [5.74, 6) is 0.110. The van der Waals surface area contributed by atoms with Crippen LogP contribution in [0.2, 0.25) is 0 Å². The van der Waals surface area contributed by atoms with Crippen LogP contribution in [-0.4, -0.2) is 22.5 Å². The number of aromatic amines is 1. The number of hydrogen-bond acceptors (Lipinski definition) is 5. The molecule has 6 heteroatoms. The van der Waals surface area contributed by atoms with Gasteiger partial charge in [-0.3, -0.25) is 4.79 Å². The van der Waals surface area contributed by atoms with Crippen LogP contribution >= 0.6 is 0 Å². The molecule has 0 radical (unpaired) electrons. The number of hydrogen-bond donors (Lipinski definition) is 1. The first kappa shape index (κ1) is 13.1. The van der Waals surface area contributed by atoms with E-state index in [1.165, 1.54) is 6.33 Å². The number of benzene rings is 1. The zero-order valence-corrected chi connectivity index (χ0v) is 11.3. The highest BCUT2D eigenvalue weighted by Gasteiger charge is 2.13. The smallest absolute Gasteiger partial charge is 0.374 e. The lowest BCUT2D eigenvalue weighted by atomic mass is 10.1. The van der Waals surface area contributed by atoms with E-state index in [1.54, 1.807) is 37.3 Å². The lowest BCUT2D eigenvalue weighted by Crippen LogP contribution is -2.05. The number of ether oxygens (including phenoxy) is 1. The number of nitrogens with zero attached hydrogens (tertiary/aromatic N) is 1. The number of fused-ring (bicyclic) bond motifs is 1. The molecule has 0 spiro atoms. The Labute approximate surface area is 119 Å². The lowest BCUT2D eigenvalue weighted by molar-refractivity contribution is 0.0491. The molecular weight excluding hydrogens is 272 g/mol. The van der Waals surface area contributed by atoms with Gasteiger partial charge < -0.3 is 14.1 Å². The van der Waals surface area contributed by atoms with Gasteiger partial charge in [-0.05, 0) is 37.3 Å². The van der Waals surface area contributed by atoms with Crippen molar-refractivity contribution in [2.75, 3.05) is 6.61 Å². The highest BCUT2D eigenvalue weighted by Crippen LogP contribution is 2.24. The maximum atomic E-state index is 11.8. The van der Waals surface area contributed by atoms with Crippen molar-refractivity contribution in [2.24, 2.45) is 0 Å². The molecule has 1 N–H and O–H groups in total. The van der Waals surface area contributed by atoms with E-state index in [4.69, 9.17) is 9.15 Å². The van der Waals surface area contributed by atoms with Gasteiger partial charge in [0.1, 0.15) is 5.76 Å². The van der Waals surface area contributed by atoms with Gasteiger partial charge >= 0.3 is 5.97 Å². The second-order valence-electron chi connectivity index (χ2n) is 4.35. The summed E-state index contributed by atoms with van der Waals surface area (Å²) in [6.07, 6.45) is 1.36. The van der Waals surface area contributed by atoms with Gasteiger partial charge in [-0.1, -0.05) is 0 Å². The second-order valence-corrected chi connectivity index (χ2v) is 4.35. The van der Waals surface area contributed by atoms with E-state index in [0.29, 0.717) is 22.2 Å². The van der Waals surface area contributed by atoms with E-state index in [-0.39, 0.29) is 17.9 Å². The van der Waals surface area contributed by atoms with Crippen LogP contribution in [0.5, 0.6) is 0 Å². The van der Waals surface area contributed by atoms with Crippen LogP contribution in [-0.2, 0) is 4.74 Å². The average Bonchev–Trinajstić information content (AvgIpc) is 2.98. The fourth-order valence-electron chi connectivity index (χ4n) is 2.03. The summed E-state index contributed by atoms with van der Waals surface area (Å²) in [5, 5.41) is 0.462. The van der Waals surface area contributed by atoms with Gasteiger partial charge in [-0.2, -0.15) is 0 Å². The molecule has 0 atom stereocenters. The van der Waals surface area contributed by atoms with Crippen LogP contribution in [0, 0.1) is 0 Å². The predicted molar refractivity (Wildman–Crippen MR) is 76.0 cm³/mol. The molecule has 0 amide bonds. The molecule has 0 aliphatic carbocycles. The Balaban J connectivity index is 2.03. The van der Waals surface area contributed by atoms with Crippen LogP contribution in [0.1, 0.15) is 17.5 Å². The Morgan fingerprint density at radius 3 is 3.00 bits per heavy atom. The SMILES string of the molecule is CCOC(=O)c1ccc(-c2ccc3nc[nH]c(=O)c3c2)o1. The third-order valence-corrected chi connectivity index (χ3v) is 3.01. The van der Waals surface area contributed by atoms with E-state index in [9.17, 15) is 9.59 Å². The quantitative estimate of drug-likeness (QED) is 0.746. The van der Waals surface area contributed by atoms with Crippen molar-refractivity contribution in [3.63, 3.8) is 0 Å². The van der Waals surface area contributed by atoms with Crippen LogP contribution in [0.4, 0.5) is 0 Å². The summed E-state index contributed by atoms with van der Waals surface area (Å²) in [4.78, 5) is 29.9. The summed E-state index contributed by atoms with van der Waals surface area (Å²) >= 11 is 0. The molecule has 0 bridgehead atoms. The van der Waals surface area contributed by atoms with Crippen molar-refractivity contribution in [3.05, 3.63) is 52.8 Å². The molecule has 0 saturated heterocycles. The number of nitrogens with one attached hydrogen (secondary N) is 1. The predicted octanol–water partition coefficient (Wildman–Crippen LogP) is 2.36. The third kappa shape index (κ3) is 2.43. The third-order valence-electron chi connectivity index (χ3n) is 3.01. The summed E-state index contributed by atoms with van der Waals surface area (Å²) in [7, 11) is 0. The van der Waals surface area contributed by atoms with Gasteiger partial charge in [0, 0.05) is 5.56 Å². The van der Waals surface area contributed by atoms with Gasteiger partial charge in [-0.25, -0.2) is 9.78 Å². The monoisotopic (exact) mass is 284 g/mol. The zero-order chi connectivity index (χ0) is 14.8. The molecule has 3 aromatic rings. The largest absolute Gasteiger partial charge is 0.460 e. The molecule has 2 aromatic heterocycles. The number of aromatic nitrogens is 2. The molecule has 106 valence electrons. The highest BCUT2D eigenvalue weighted by molar-refractivity contribution is 5.88. The Bertz CT molecular complexity index is 863. The van der Waals surface area contributed by atoms with Gasteiger partial charge in [0.25, 0.3) is 5.56 Å². The van der Waals surface area contributed by atoms with Gasteiger partial charge in [-0.15, -0.1) is 0 Å². The Morgan fingerprint density at radius 2 is 2.19 bits per heavy atom.